The summed E-state index contributed by atoms with van der Waals surface area (Å²) in [7, 11) is 3.50. The number of carbonyl (C=O) groups is 2. The van der Waals surface area contributed by atoms with Crippen molar-refractivity contribution in [1.82, 2.24) is 24.6 Å². The van der Waals surface area contributed by atoms with Gasteiger partial charge in [0.05, 0.1) is 5.51 Å². The number of hydrogen-bond donors (Lipinski definition) is 0. The fraction of sp³-hybridized carbons (Fsp3) is 0.467. The summed E-state index contributed by atoms with van der Waals surface area (Å²) in [6.07, 6.45) is 4.58. The van der Waals surface area contributed by atoms with Crippen LogP contribution < -0.4 is 0 Å². The van der Waals surface area contributed by atoms with E-state index in [1.54, 1.807) is 45.7 Å². The zero-order valence-electron chi connectivity index (χ0n) is 13.2. The third-order valence-electron chi connectivity index (χ3n) is 4.28. The highest BCUT2D eigenvalue weighted by atomic mass is 32.1. The fourth-order valence-corrected chi connectivity index (χ4v) is 3.56. The van der Waals surface area contributed by atoms with Crippen LogP contribution in [0.2, 0.25) is 0 Å². The normalized spacial score (nSPS) is 17.0. The first-order chi connectivity index (χ1) is 11.0. The number of rotatable bonds is 3. The van der Waals surface area contributed by atoms with Gasteiger partial charge in [0.25, 0.3) is 5.91 Å². The van der Waals surface area contributed by atoms with Crippen molar-refractivity contribution < 1.29 is 9.59 Å². The third kappa shape index (κ3) is 2.74. The second kappa shape index (κ2) is 6.11. The van der Waals surface area contributed by atoms with E-state index in [0.717, 1.165) is 0 Å². The van der Waals surface area contributed by atoms with Gasteiger partial charge in [0.2, 0.25) is 5.91 Å². The molecule has 2 aromatic heterocycles. The molecule has 3 heterocycles. The molecular weight excluding hydrogens is 314 g/mol. The van der Waals surface area contributed by atoms with Crippen LogP contribution in [0.4, 0.5) is 0 Å². The first-order valence-corrected chi connectivity index (χ1v) is 8.38. The van der Waals surface area contributed by atoms with Crippen LogP contribution in [-0.4, -0.2) is 63.6 Å². The number of hydrogen-bond acceptors (Lipinski definition) is 5. The third-order valence-corrected chi connectivity index (χ3v) is 4.86. The highest BCUT2D eigenvalue weighted by Crippen LogP contribution is 2.32. The summed E-state index contributed by atoms with van der Waals surface area (Å²) in [5.74, 6) is -0.0559. The Labute approximate surface area is 138 Å². The molecule has 0 saturated carbocycles. The molecule has 0 spiro atoms. The van der Waals surface area contributed by atoms with Gasteiger partial charge in [-0.25, -0.2) is 4.98 Å². The monoisotopic (exact) mass is 333 g/mol. The molecule has 1 aliphatic rings. The predicted molar refractivity (Wildman–Crippen MR) is 86.1 cm³/mol. The van der Waals surface area contributed by atoms with E-state index in [1.165, 1.54) is 11.3 Å². The molecule has 0 radical (unpaired) electrons. The van der Waals surface area contributed by atoms with Gasteiger partial charge in [0, 0.05) is 45.0 Å². The molecular formula is C15H19N5O2S. The molecule has 23 heavy (non-hydrogen) atoms. The van der Waals surface area contributed by atoms with Crippen molar-refractivity contribution in [2.45, 2.75) is 18.4 Å². The molecule has 1 saturated heterocycles. The molecule has 122 valence electrons. The van der Waals surface area contributed by atoms with Crippen molar-refractivity contribution in [3.63, 3.8) is 0 Å². The van der Waals surface area contributed by atoms with E-state index in [4.69, 9.17) is 0 Å². The first kappa shape index (κ1) is 15.7. The number of aromatic nitrogens is 3. The van der Waals surface area contributed by atoms with E-state index in [2.05, 4.69) is 10.1 Å². The molecule has 0 N–H and O–H groups in total. The van der Waals surface area contributed by atoms with Gasteiger partial charge >= 0.3 is 0 Å². The second-order valence-corrected chi connectivity index (χ2v) is 6.57. The number of likely N-dealkylation sites (N-methyl/N-ethyl adjacent to an activating group) is 1. The van der Waals surface area contributed by atoms with E-state index in [0.29, 0.717) is 31.6 Å². The maximum absolute atomic E-state index is 12.8. The minimum absolute atomic E-state index is 0.0157. The largest absolute Gasteiger partial charge is 0.347 e. The Kier molecular flexibility index (Phi) is 4.16. The van der Waals surface area contributed by atoms with Crippen LogP contribution in [0, 0.1) is 0 Å². The summed E-state index contributed by atoms with van der Waals surface area (Å²) in [6.45, 7) is 1.02. The SMILES string of the molecule is CN(C)C(=O)C1(n2cccn2)CCN(C(=O)c2cscn2)CC1. The van der Waals surface area contributed by atoms with Gasteiger partial charge < -0.3 is 9.80 Å². The van der Waals surface area contributed by atoms with E-state index in [-0.39, 0.29) is 11.8 Å². The Balaban J connectivity index is 1.81. The molecule has 8 heteroatoms. The van der Waals surface area contributed by atoms with E-state index in [1.807, 2.05) is 12.3 Å². The summed E-state index contributed by atoms with van der Waals surface area (Å²) in [6, 6.07) is 1.82. The average Bonchev–Trinajstić information content (AvgIpc) is 3.26. The lowest BCUT2D eigenvalue weighted by molar-refractivity contribution is -0.141. The summed E-state index contributed by atoms with van der Waals surface area (Å²) in [5.41, 5.74) is 1.41. The molecule has 3 rings (SSSR count). The van der Waals surface area contributed by atoms with Crippen LogP contribution in [0.5, 0.6) is 0 Å². The van der Waals surface area contributed by atoms with Crippen molar-refractivity contribution in [3.8, 4) is 0 Å². The van der Waals surface area contributed by atoms with Crippen molar-refractivity contribution in [1.29, 1.82) is 0 Å². The van der Waals surface area contributed by atoms with E-state index in [9.17, 15) is 9.59 Å². The highest BCUT2D eigenvalue weighted by Gasteiger charge is 2.45. The van der Waals surface area contributed by atoms with Gasteiger partial charge in [-0.2, -0.15) is 5.10 Å². The Morgan fingerprint density at radius 1 is 1.30 bits per heavy atom. The molecule has 2 amide bonds. The van der Waals surface area contributed by atoms with Crippen molar-refractivity contribution in [3.05, 3.63) is 35.0 Å². The number of amides is 2. The van der Waals surface area contributed by atoms with E-state index < -0.39 is 5.54 Å². The molecule has 2 aromatic rings. The highest BCUT2D eigenvalue weighted by molar-refractivity contribution is 7.07. The minimum Gasteiger partial charge on any atom is -0.347 e. The van der Waals surface area contributed by atoms with Crippen LogP contribution in [0.3, 0.4) is 0 Å². The van der Waals surface area contributed by atoms with Crippen LogP contribution in [0.15, 0.2) is 29.4 Å². The topological polar surface area (TPSA) is 71.3 Å². The van der Waals surface area contributed by atoms with Crippen LogP contribution in [0.1, 0.15) is 23.3 Å². The maximum atomic E-state index is 12.8. The lowest BCUT2D eigenvalue weighted by Gasteiger charge is -2.41. The van der Waals surface area contributed by atoms with Crippen LogP contribution in [-0.2, 0) is 10.3 Å². The first-order valence-electron chi connectivity index (χ1n) is 7.44. The van der Waals surface area contributed by atoms with Gasteiger partial charge in [-0.3, -0.25) is 14.3 Å². The second-order valence-electron chi connectivity index (χ2n) is 5.85. The zero-order valence-corrected chi connectivity index (χ0v) is 14.0. The molecule has 0 aromatic carbocycles. The van der Waals surface area contributed by atoms with Crippen molar-refractivity contribution in [2.24, 2.45) is 0 Å². The molecule has 1 aliphatic heterocycles. The quantitative estimate of drug-likeness (QED) is 0.842. The Morgan fingerprint density at radius 3 is 2.57 bits per heavy atom. The van der Waals surface area contributed by atoms with E-state index >= 15 is 0 Å². The Hall–Kier alpha value is -2.22. The van der Waals surface area contributed by atoms with Gasteiger partial charge in [0.1, 0.15) is 11.2 Å². The standard InChI is InChI=1S/C15H19N5O2S/c1-18(2)14(22)15(20-7-3-6-17-20)4-8-19(9-5-15)13(21)12-10-23-11-16-12/h3,6-7,10-11H,4-5,8-9H2,1-2H3. The Morgan fingerprint density at radius 2 is 2.04 bits per heavy atom. The summed E-state index contributed by atoms with van der Waals surface area (Å²) in [4.78, 5) is 32.6. The number of likely N-dealkylation sites (tertiary alicyclic amines) is 1. The number of nitrogens with zero attached hydrogens (tertiary/aromatic N) is 5. The van der Waals surface area contributed by atoms with Gasteiger partial charge in [-0.05, 0) is 18.9 Å². The lowest BCUT2D eigenvalue weighted by atomic mass is 9.86. The van der Waals surface area contributed by atoms with Crippen molar-refractivity contribution in [2.75, 3.05) is 27.2 Å². The molecule has 1 fully saturated rings. The molecule has 0 atom stereocenters. The number of piperidine rings is 1. The average molecular weight is 333 g/mol. The summed E-state index contributed by atoms with van der Waals surface area (Å²) >= 11 is 1.41. The summed E-state index contributed by atoms with van der Waals surface area (Å²) < 4.78 is 1.74. The van der Waals surface area contributed by atoms with Crippen LogP contribution >= 0.6 is 11.3 Å². The van der Waals surface area contributed by atoms with Gasteiger partial charge in [0.15, 0.2) is 0 Å². The smallest absolute Gasteiger partial charge is 0.273 e. The number of carbonyl (C=O) groups excluding carboxylic acids is 2. The Bertz CT molecular complexity index is 673. The zero-order chi connectivity index (χ0) is 16.4. The van der Waals surface area contributed by atoms with Crippen LogP contribution in [0.25, 0.3) is 0 Å². The molecule has 0 unspecified atom stereocenters. The lowest BCUT2D eigenvalue weighted by Crippen LogP contribution is -2.55. The molecule has 7 nitrogen and oxygen atoms in total. The number of thiazole rings is 1. The van der Waals surface area contributed by atoms with Crippen molar-refractivity contribution >= 4 is 23.2 Å². The molecule has 0 aliphatic carbocycles. The van der Waals surface area contributed by atoms with Gasteiger partial charge in [-0.1, -0.05) is 0 Å². The minimum atomic E-state index is -0.716. The molecule has 0 bridgehead atoms. The summed E-state index contributed by atoms with van der Waals surface area (Å²) in [5, 5.41) is 6.04. The van der Waals surface area contributed by atoms with Gasteiger partial charge in [-0.15, -0.1) is 11.3 Å². The predicted octanol–water partition coefficient (Wildman–Crippen LogP) is 1.06. The maximum Gasteiger partial charge on any atom is 0.273 e. The fourth-order valence-electron chi connectivity index (χ4n) is 3.04.